The number of imidazole rings is 1. The van der Waals surface area contributed by atoms with Gasteiger partial charge in [0.25, 0.3) is 5.91 Å². The number of para-hydroxylation sites is 1. The highest BCUT2D eigenvalue weighted by atomic mass is 16.6. The fourth-order valence-electron chi connectivity index (χ4n) is 2.73. The standard InChI is InChI=1S/C19H14N4O4/c1-11-4-2-3-5-13(11)22-19(24)12-6-7-14-15(10-12)21-18(20-14)16-8-9-17(27-16)23(25)26/h2-10H,1H3,(H,20,21)(H,22,24). The minimum atomic E-state index is -0.611. The number of rotatable bonds is 4. The van der Waals surface area contributed by atoms with Crippen molar-refractivity contribution in [1.82, 2.24) is 9.97 Å². The molecule has 0 radical (unpaired) electrons. The van der Waals surface area contributed by atoms with Gasteiger partial charge in [0.1, 0.15) is 4.92 Å². The molecular formula is C19H14N4O4. The molecule has 4 rings (SSSR count). The average Bonchev–Trinajstić information content (AvgIpc) is 3.29. The van der Waals surface area contributed by atoms with E-state index in [-0.39, 0.29) is 17.6 Å². The molecule has 0 bridgehead atoms. The smallest absolute Gasteiger partial charge is 0.397 e. The van der Waals surface area contributed by atoms with Gasteiger partial charge < -0.3 is 14.7 Å². The van der Waals surface area contributed by atoms with Crippen LogP contribution in [0.5, 0.6) is 0 Å². The molecule has 0 unspecified atom stereocenters. The van der Waals surface area contributed by atoms with Crippen LogP contribution in [0.25, 0.3) is 22.6 Å². The molecule has 134 valence electrons. The van der Waals surface area contributed by atoms with E-state index in [0.717, 1.165) is 11.3 Å². The molecule has 0 saturated heterocycles. The van der Waals surface area contributed by atoms with E-state index in [4.69, 9.17) is 4.42 Å². The van der Waals surface area contributed by atoms with Gasteiger partial charge in [-0.3, -0.25) is 14.9 Å². The zero-order chi connectivity index (χ0) is 19.0. The van der Waals surface area contributed by atoms with Gasteiger partial charge in [0.05, 0.1) is 17.1 Å². The Kier molecular flexibility index (Phi) is 3.92. The highest BCUT2D eigenvalue weighted by Gasteiger charge is 2.16. The Balaban J connectivity index is 1.63. The lowest BCUT2D eigenvalue weighted by Gasteiger charge is -2.07. The van der Waals surface area contributed by atoms with E-state index in [1.807, 2.05) is 31.2 Å². The Bertz CT molecular complexity index is 1180. The molecule has 0 aliphatic rings. The first-order valence-corrected chi connectivity index (χ1v) is 8.12. The zero-order valence-corrected chi connectivity index (χ0v) is 14.2. The van der Waals surface area contributed by atoms with Gasteiger partial charge in [0, 0.05) is 11.3 Å². The number of aromatic amines is 1. The Labute approximate surface area is 153 Å². The van der Waals surface area contributed by atoms with Crippen molar-refractivity contribution < 1.29 is 14.1 Å². The van der Waals surface area contributed by atoms with Crippen molar-refractivity contribution in [2.75, 3.05) is 5.32 Å². The number of benzene rings is 2. The Morgan fingerprint density at radius 2 is 2.00 bits per heavy atom. The maximum absolute atomic E-state index is 12.5. The predicted molar refractivity (Wildman–Crippen MR) is 99.6 cm³/mol. The van der Waals surface area contributed by atoms with Crippen molar-refractivity contribution in [1.29, 1.82) is 0 Å². The molecule has 0 saturated carbocycles. The SMILES string of the molecule is Cc1ccccc1NC(=O)c1ccc2nc(-c3ccc([N+](=O)[O-])o3)[nH]c2c1. The summed E-state index contributed by atoms with van der Waals surface area (Å²) in [6.07, 6.45) is 0. The number of hydrogen-bond donors (Lipinski definition) is 2. The summed E-state index contributed by atoms with van der Waals surface area (Å²) in [6.45, 7) is 1.92. The predicted octanol–water partition coefficient (Wildman–Crippen LogP) is 4.29. The van der Waals surface area contributed by atoms with E-state index in [0.29, 0.717) is 22.4 Å². The highest BCUT2D eigenvalue weighted by molar-refractivity contribution is 6.06. The molecule has 2 aromatic heterocycles. The first kappa shape index (κ1) is 16.5. The molecular weight excluding hydrogens is 348 g/mol. The van der Waals surface area contributed by atoms with Crippen LogP contribution in [-0.4, -0.2) is 20.8 Å². The summed E-state index contributed by atoms with van der Waals surface area (Å²) in [5.41, 5.74) is 3.43. The second-order valence-electron chi connectivity index (χ2n) is 5.98. The molecule has 2 N–H and O–H groups in total. The van der Waals surface area contributed by atoms with Crippen LogP contribution in [0.1, 0.15) is 15.9 Å². The minimum Gasteiger partial charge on any atom is -0.397 e. The van der Waals surface area contributed by atoms with Crippen LogP contribution in [0.2, 0.25) is 0 Å². The first-order chi connectivity index (χ1) is 13.0. The van der Waals surface area contributed by atoms with Gasteiger partial charge in [-0.2, -0.15) is 0 Å². The number of carbonyl (C=O) groups excluding carboxylic acids is 1. The number of nitrogens with one attached hydrogen (secondary N) is 2. The second-order valence-corrected chi connectivity index (χ2v) is 5.98. The van der Waals surface area contributed by atoms with Crippen molar-refractivity contribution in [3.8, 4) is 11.6 Å². The number of anilines is 1. The Morgan fingerprint density at radius 1 is 1.19 bits per heavy atom. The molecule has 0 fully saturated rings. The summed E-state index contributed by atoms with van der Waals surface area (Å²) in [5.74, 6) is 0.0121. The number of aryl methyl sites for hydroxylation is 1. The average molecular weight is 362 g/mol. The lowest BCUT2D eigenvalue weighted by Crippen LogP contribution is -2.12. The van der Waals surface area contributed by atoms with Gasteiger partial charge >= 0.3 is 5.88 Å². The molecule has 0 atom stereocenters. The van der Waals surface area contributed by atoms with Gasteiger partial charge in [-0.1, -0.05) is 18.2 Å². The number of furan rings is 1. The maximum Gasteiger partial charge on any atom is 0.433 e. The molecule has 8 nitrogen and oxygen atoms in total. The lowest BCUT2D eigenvalue weighted by atomic mass is 10.1. The van der Waals surface area contributed by atoms with Gasteiger partial charge in [0.15, 0.2) is 11.6 Å². The van der Waals surface area contributed by atoms with Crippen molar-refractivity contribution in [3.63, 3.8) is 0 Å². The van der Waals surface area contributed by atoms with E-state index in [1.165, 1.54) is 12.1 Å². The van der Waals surface area contributed by atoms with Crippen molar-refractivity contribution in [2.45, 2.75) is 6.92 Å². The second kappa shape index (κ2) is 6.41. The molecule has 8 heteroatoms. The Hall–Kier alpha value is -3.94. The van der Waals surface area contributed by atoms with Crippen LogP contribution in [0.4, 0.5) is 11.6 Å². The highest BCUT2D eigenvalue weighted by Crippen LogP contribution is 2.26. The molecule has 1 amide bonds. The number of aromatic nitrogens is 2. The Morgan fingerprint density at radius 3 is 2.74 bits per heavy atom. The third-order valence-electron chi connectivity index (χ3n) is 4.14. The number of nitrogens with zero attached hydrogens (tertiary/aromatic N) is 2. The normalized spacial score (nSPS) is 10.9. The number of nitro groups is 1. The van der Waals surface area contributed by atoms with E-state index < -0.39 is 4.92 Å². The summed E-state index contributed by atoms with van der Waals surface area (Å²) in [4.78, 5) is 30.0. The number of H-pyrrole nitrogens is 1. The quantitative estimate of drug-likeness (QED) is 0.415. The van der Waals surface area contributed by atoms with Gasteiger partial charge in [-0.15, -0.1) is 0 Å². The first-order valence-electron chi connectivity index (χ1n) is 8.12. The van der Waals surface area contributed by atoms with Crippen LogP contribution >= 0.6 is 0 Å². The molecule has 2 heterocycles. The third-order valence-corrected chi connectivity index (χ3v) is 4.14. The lowest BCUT2D eigenvalue weighted by molar-refractivity contribution is -0.401. The number of carbonyl (C=O) groups is 1. The van der Waals surface area contributed by atoms with Gasteiger partial charge in [-0.05, 0) is 42.8 Å². The van der Waals surface area contributed by atoms with E-state index in [1.54, 1.807) is 18.2 Å². The topological polar surface area (TPSA) is 114 Å². The monoisotopic (exact) mass is 362 g/mol. The summed E-state index contributed by atoms with van der Waals surface area (Å²) < 4.78 is 5.16. The molecule has 4 aromatic rings. The largest absolute Gasteiger partial charge is 0.433 e. The molecule has 27 heavy (non-hydrogen) atoms. The molecule has 0 spiro atoms. The third kappa shape index (κ3) is 3.15. The summed E-state index contributed by atoms with van der Waals surface area (Å²) >= 11 is 0. The number of amides is 1. The van der Waals surface area contributed by atoms with Crippen LogP contribution < -0.4 is 5.32 Å². The number of hydrogen-bond acceptors (Lipinski definition) is 5. The maximum atomic E-state index is 12.5. The molecule has 2 aromatic carbocycles. The van der Waals surface area contributed by atoms with Crippen molar-refractivity contribution in [3.05, 3.63) is 75.8 Å². The van der Waals surface area contributed by atoms with Gasteiger partial charge in [0.2, 0.25) is 0 Å². The van der Waals surface area contributed by atoms with Crippen molar-refractivity contribution in [2.24, 2.45) is 0 Å². The van der Waals surface area contributed by atoms with E-state index >= 15 is 0 Å². The molecule has 0 aliphatic carbocycles. The van der Waals surface area contributed by atoms with E-state index in [9.17, 15) is 14.9 Å². The fourth-order valence-corrected chi connectivity index (χ4v) is 2.73. The summed E-state index contributed by atoms with van der Waals surface area (Å²) in [5, 5.41) is 13.6. The molecule has 0 aliphatic heterocycles. The van der Waals surface area contributed by atoms with Crippen LogP contribution in [0.3, 0.4) is 0 Å². The minimum absolute atomic E-state index is 0.240. The van der Waals surface area contributed by atoms with E-state index in [2.05, 4.69) is 15.3 Å². The number of fused-ring (bicyclic) bond motifs is 1. The summed E-state index contributed by atoms with van der Waals surface area (Å²) in [7, 11) is 0. The van der Waals surface area contributed by atoms with Gasteiger partial charge in [-0.25, -0.2) is 4.98 Å². The zero-order valence-electron chi connectivity index (χ0n) is 14.2. The van der Waals surface area contributed by atoms with Crippen LogP contribution in [0.15, 0.2) is 59.0 Å². The fraction of sp³-hybridized carbons (Fsp3) is 0.0526. The van der Waals surface area contributed by atoms with Crippen LogP contribution in [0, 0.1) is 17.0 Å². The van der Waals surface area contributed by atoms with Crippen LogP contribution in [-0.2, 0) is 0 Å². The van der Waals surface area contributed by atoms with Crippen molar-refractivity contribution >= 4 is 28.5 Å². The summed E-state index contributed by atoms with van der Waals surface area (Å²) in [6, 6.07) is 15.3.